The fourth-order valence-corrected chi connectivity index (χ4v) is 5.78. The quantitative estimate of drug-likeness (QED) is 0.433. The zero-order valence-electron chi connectivity index (χ0n) is 17.2. The summed E-state index contributed by atoms with van der Waals surface area (Å²) < 4.78 is 46.0. The molecule has 166 valence electrons. The molecule has 0 saturated carbocycles. The summed E-state index contributed by atoms with van der Waals surface area (Å²) in [7, 11) is -1.97. The first-order valence-corrected chi connectivity index (χ1v) is 13.4. The number of thiazole rings is 1. The van der Waals surface area contributed by atoms with E-state index in [1.807, 2.05) is 29.0 Å². The number of sulfone groups is 1. The first-order valence-electron chi connectivity index (χ1n) is 9.56. The Kier molecular flexibility index (Phi) is 7.90. The highest BCUT2D eigenvalue weighted by atomic mass is 32.2. The Bertz CT molecular complexity index is 1230. The molecule has 10 heteroatoms. The van der Waals surface area contributed by atoms with Gasteiger partial charge in [0.05, 0.1) is 28.0 Å². The van der Waals surface area contributed by atoms with E-state index in [0.717, 1.165) is 33.9 Å². The molecular formula is C21H23FN2O4S3. The van der Waals surface area contributed by atoms with Gasteiger partial charge in [0.2, 0.25) is 5.91 Å². The number of carbonyl (C=O) groups excluding carboxylic acids is 1. The fourth-order valence-electron chi connectivity index (χ4n) is 3.00. The van der Waals surface area contributed by atoms with Crippen molar-refractivity contribution in [1.29, 1.82) is 0 Å². The first-order chi connectivity index (χ1) is 14.8. The van der Waals surface area contributed by atoms with Gasteiger partial charge in [-0.3, -0.25) is 4.79 Å². The SMILES string of the molecule is COc1ccc2c(c1)sc(=NC(=O)CCCS(=O)(=O)c1ccc(F)cc1)n2CCSC. The van der Waals surface area contributed by atoms with Gasteiger partial charge in [0.25, 0.3) is 0 Å². The molecule has 0 bridgehead atoms. The number of aromatic nitrogens is 1. The Morgan fingerprint density at radius 3 is 2.65 bits per heavy atom. The van der Waals surface area contributed by atoms with Crippen LogP contribution in [0.5, 0.6) is 5.75 Å². The van der Waals surface area contributed by atoms with Crippen LogP contribution < -0.4 is 9.54 Å². The van der Waals surface area contributed by atoms with Crippen LogP contribution in [0.4, 0.5) is 4.39 Å². The van der Waals surface area contributed by atoms with Crippen molar-refractivity contribution in [2.75, 3.05) is 24.9 Å². The molecule has 2 aromatic carbocycles. The zero-order chi connectivity index (χ0) is 22.4. The van der Waals surface area contributed by atoms with Gasteiger partial charge >= 0.3 is 0 Å². The molecule has 0 radical (unpaired) electrons. The lowest BCUT2D eigenvalue weighted by atomic mass is 10.3. The molecule has 0 atom stereocenters. The third-order valence-corrected chi connectivity index (χ3v) is 8.05. The lowest BCUT2D eigenvalue weighted by Crippen LogP contribution is -2.18. The van der Waals surface area contributed by atoms with Gasteiger partial charge in [-0.2, -0.15) is 16.8 Å². The van der Waals surface area contributed by atoms with Crippen LogP contribution in [0.1, 0.15) is 12.8 Å². The van der Waals surface area contributed by atoms with Crippen molar-refractivity contribution in [2.24, 2.45) is 4.99 Å². The molecule has 0 N–H and O–H groups in total. The highest BCUT2D eigenvalue weighted by Crippen LogP contribution is 2.23. The van der Waals surface area contributed by atoms with Crippen molar-refractivity contribution >= 4 is 49.1 Å². The van der Waals surface area contributed by atoms with Crippen molar-refractivity contribution < 1.29 is 22.3 Å². The van der Waals surface area contributed by atoms with Crippen LogP contribution in [0.2, 0.25) is 0 Å². The minimum Gasteiger partial charge on any atom is -0.497 e. The van der Waals surface area contributed by atoms with Crippen molar-refractivity contribution in [1.82, 2.24) is 4.57 Å². The van der Waals surface area contributed by atoms with Crippen LogP contribution in [0.15, 0.2) is 52.4 Å². The number of rotatable bonds is 9. The smallest absolute Gasteiger partial charge is 0.248 e. The van der Waals surface area contributed by atoms with Gasteiger partial charge < -0.3 is 9.30 Å². The molecule has 0 saturated heterocycles. The average Bonchev–Trinajstić information content (AvgIpc) is 3.08. The highest BCUT2D eigenvalue weighted by Gasteiger charge is 2.15. The second-order valence-corrected chi connectivity index (χ2v) is 10.8. The monoisotopic (exact) mass is 482 g/mol. The number of ether oxygens (including phenoxy) is 1. The summed E-state index contributed by atoms with van der Waals surface area (Å²) in [6.45, 7) is 0.707. The van der Waals surface area contributed by atoms with E-state index in [0.29, 0.717) is 11.3 Å². The van der Waals surface area contributed by atoms with E-state index >= 15 is 0 Å². The molecule has 0 unspecified atom stereocenters. The Balaban J connectivity index is 1.76. The fraction of sp³-hybridized carbons (Fsp3) is 0.333. The Morgan fingerprint density at radius 2 is 1.97 bits per heavy atom. The molecule has 0 spiro atoms. The van der Waals surface area contributed by atoms with Gasteiger partial charge in [-0.1, -0.05) is 11.3 Å². The summed E-state index contributed by atoms with van der Waals surface area (Å²) in [5.41, 5.74) is 0.977. The topological polar surface area (TPSA) is 77.7 Å². The number of hydrogen-bond acceptors (Lipinski definition) is 6. The summed E-state index contributed by atoms with van der Waals surface area (Å²) >= 11 is 3.10. The summed E-state index contributed by atoms with van der Waals surface area (Å²) in [4.78, 5) is 17.3. The zero-order valence-corrected chi connectivity index (χ0v) is 19.7. The molecule has 1 aromatic heterocycles. The molecular weight excluding hydrogens is 459 g/mol. The summed E-state index contributed by atoms with van der Waals surface area (Å²) in [5, 5.41) is 0. The number of methoxy groups -OCH3 is 1. The summed E-state index contributed by atoms with van der Waals surface area (Å²) in [5.74, 6) is 0.537. The molecule has 3 aromatic rings. The number of carbonyl (C=O) groups is 1. The lowest BCUT2D eigenvalue weighted by molar-refractivity contribution is -0.118. The lowest BCUT2D eigenvalue weighted by Gasteiger charge is -2.05. The average molecular weight is 483 g/mol. The Morgan fingerprint density at radius 1 is 1.23 bits per heavy atom. The second-order valence-electron chi connectivity index (χ2n) is 6.74. The number of nitrogens with zero attached hydrogens (tertiary/aromatic N) is 2. The van der Waals surface area contributed by atoms with Gasteiger partial charge in [-0.15, -0.1) is 0 Å². The van der Waals surface area contributed by atoms with Crippen molar-refractivity contribution in [3.8, 4) is 5.75 Å². The number of hydrogen-bond donors (Lipinski definition) is 0. The Labute approximate surface area is 188 Å². The van der Waals surface area contributed by atoms with Crippen molar-refractivity contribution in [2.45, 2.75) is 24.3 Å². The van der Waals surface area contributed by atoms with Crippen molar-refractivity contribution in [3.05, 3.63) is 53.1 Å². The number of halogens is 1. The molecule has 31 heavy (non-hydrogen) atoms. The molecule has 0 aliphatic heterocycles. The minimum absolute atomic E-state index is 0.0144. The van der Waals surface area contributed by atoms with Crippen LogP contribution in [0.25, 0.3) is 10.2 Å². The third kappa shape index (κ3) is 5.96. The predicted octanol–water partition coefficient (Wildman–Crippen LogP) is 3.89. The van der Waals surface area contributed by atoms with Crippen LogP contribution in [-0.2, 0) is 21.2 Å². The first kappa shape index (κ1) is 23.5. The van der Waals surface area contributed by atoms with E-state index in [1.54, 1.807) is 18.9 Å². The molecule has 6 nitrogen and oxygen atoms in total. The molecule has 1 heterocycles. The van der Waals surface area contributed by atoms with Gasteiger partial charge in [-0.05, 0) is 55.1 Å². The predicted molar refractivity (Wildman–Crippen MR) is 123 cm³/mol. The number of fused-ring (bicyclic) bond motifs is 1. The largest absolute Gasteiger partial charge is 0.497 e. The summed E-state index contributed by atoms with van der Waals surface area (Å²) in [6.07, 6.45) is 2.17. The van der Waals surface area contributed by atoms with Gasteiger partial charge in [0.15, 0.2) is 14.6 Å². The third-order valence-electron chi connectivity index (χ3n) is 4.61. The number of benzene rings is 2. The maximum atomic E-state index is 13.0. The minimum atomic E-state index is -3.57. The van der Waals surface area contributed by atoms with E-state index in [9.17, 15) is 17.6 Å². The maximum absolute atomic E-state index is 13.0. The number of amides is 1. The van der Waals surface area contributed by atoms with Gasteiger partial charge in [0, 0.05) is 18.7 Å². The maximum Gasteiger partial charge on any atom is 0.248 e. The highest BCUT2D eigenvalue weighted by molar-refractivity contribution is 7.98. The molecule has 0 aliphatic carbocycles. The molecule has 3 rings (SSSR count). The van der Waals surface area contributed by atoms with Crippen LogP contribution >= 0.6 is 23.1 Å². The van der Waals surface area contributed by atoms with Crippen LogP contribution in [0.3, 0.4) is 0 Å². The Hall–Kier alpha value is -2.17. The van der Waals surface area contributed by atoms with E-state index in [2.05, 4.69) is 4.99 Å². The van der Waals surface area contributed by atoms with Crippen LogP contribution in [0, 0.1) is 5.82 Å². The van der Waals surface area contributed by atoms with E-state index in [1.165, 1.54) is 23.5 Å². The van der Waals surface area contributed by atoms with Gasteiger partial charge in [-0.25, -0.2) is 12.8 Å². The van der Waals surface area contributed by atoms with Gasteiger partial charge in [0.1, 0.15) is 11.6 Å². The molecule has 0 fully saturated rings. The van der Waals surface area contributed by atoms with E-state index < -0.39 is 15.7 Å². The van der Waals surface area contributed by atoms with E-state index in [4.69, 9.17) is 4.74 Å². The normalized spacial score (nSPS) is 12.4. The standard InChI is InChI=1S/C21H23FN2O4S3/c1-28-16-7-10-18-19(14-16)30-21(24(18)11-12-29-2)23-20(25)4-3-13-31(26,27)17-8-5-15(22)6-9-17/h5-10,14H,3-4,11-13H2,1-2H3. The number of aryl methyl sites for hydroxylation is 1. The van der Waals surface area contributed by atoms with Crippen molar-refractivity contribution in [3.63, 3.8) is 0 Å². The molecule has 0 aliphatic rings. The second kappa shape index (κ2) is 10.4. The van der Waals surface area contributed by atoms with E-state index in [-0.39, 0.29) is 29.4 Å². The number of thioether (sulfide) groups is 1. The molecule has 1 amide bonds. The summed E-state index contributed by atoms with van der Waals surface area (Å²) in [6, 6.07) is 10.4. The van der Waals surface area contributed by atoms with Crippen LogP contribution in [-0.4, -0.2) is 43.8 Å².